The molecule has 0 aromatic carbocycles. The highest BCUT2D eigenvalue weighted by atomic mass is 79.9. The molecule has 1 heterocycles. The third-order valence-electron chi connectivity index (χ3n) is 0.913. The van der Waals surface area contributed by atoms with E-state index < -0.39 is 0 Å². The lowest BCUT2D eigenvalue weighted by atomic mass is 10.4. The summed E-state index contributed by atoms with van der Waals surface area (Å²) in [6.45, 7) is 0.280. The van der Waals surface area contributed by atoms with Crippen LogP contribution in [-0.4, -0.2) is 0 Å². The lowest BCUT2D eigenvalue weighted by Gasteiger charge is -1.84. The van der Waals surface area contributed by atoms with Gasteiger partial charge in [0.05, 0.1) is 8.66 Å². The Bertz CT molecular complexity index is 215. The average Bonchev–Trinajstić information content (AvgIpc) is 2.10. The van der Waals surface area contributed by atoms with Crippen LogP contribution in [-0.2, 0) is 6.54 Å². The molecule has 0 aliphatic carbocycles. The normalized spacial score (nSPS) is 9.10. The number of thiophene rings is 1. The highest BCUT2D eigenvalue weighted by molar-refractivity contribution is 9.11. The van der Waals surface area contributed by atoms with Crippen molar-refractivity contribution >= 4 is 39.7 Å². The van der Waals surface area contributed by atoms with Crippen molar-refractivity contribution in [3.8, 4) is 0 Å². The molecular formula is C5H6BrClFNS. The number of halogens is 3. The van der Waals surface area contributed by atoms with Crippen molar-refractivity contribution in [1.29, 1.82) is 0 Å². The summed E-state index contributed by atoms with van der Waals surface area (Å²) in [5.41, 5.74) is 5.21. The summed E-state index contributed by atoms with van der Waals surface area (Å²) in [5, 5.41) is 0. The molecular weight excluding hydrogens is 240 g/mol. The van der Waals surface area contributed by atoms with Gasteiger partial charge >= 0.3 is 0 Å². The molecule has 58 valence electrons. The van der Waals surface area contributed by atoms with Gasteiger partial charge in [0.2, 0.25) is 0 Å². The van der Waals surface area contributed by atoms with Crippen LogP contribution in [0.2, 0.25) is 0 Å². The molecule has 1 rings (SSSR count). The molecule has 0 saturated heterocycles. The predicted molar refractivity (Wildman–Crippen MR) is 47.1 cm³/mol. The summed E-state index contributed by atoms with van der Waals surface area (Å²) in [5.74, 6) is -0.214. The van der Waals surface area contributed by atoms with Crippen LogP contribution in [0.1, 0.15) is 4.88 Å². The van der Waals surface area contributed by atoms with E-state index >= 15 is 0 Å². The standard InChI is InChI=1S/C5H5BrFNS.ClH/c6-5-1-3(7)4(2-8)9-5;/h1H,2,8H2;1H. The van der Waals surface area contributed by atoms with Crippen LogP contribution in [0.4, 0.5) is 4.39 Å². The minimum atomic E-state index is -0.214. The van der Waals surface area contributed by atoms with Crippen LogP contribution in [0.15, 0.2) is 9.85 Å². The zero-order valence-corrected chi connectivity index (χ0v) is 8.15. The van der Waals surface area contributed by atoms with E-state index in [1.807, 2.05) is 0 Å². The summed E-state index contributed by atoms with van der Waals surface area (Å²) in [6, 6.07) is 1.42. The first-order valence-electron chi connectivity index (χ1n) is 2.38. The second-order valence-electron chi connectivity index (χ2n) is 1.53. The minimum Gasteiger partial charge on any atom is -0.326 e. The van der Waals surface area contributed by atoms with E-state index in [1.54, 1.807) is 0 Å². The molecule has 10 heavy (non-hydrogen) atoms. The van der Waals surface area contributed by atoms with E-state index in [0.29, 0.717) is 4.88 Å². The monoisotopic (exact) mass is 245 g/mol. The Hall–Kier alpha value is 0.360. The van der Waals surface area contributed by atoms with Crippen LogP contribution in [0.5, 0.6) is 0 Å². The Balaban J connectivity index is 0.000000810. The number of rotatable bonds is 1. The molecule has 0 radical (unpaired) electrons. The van der Waals surface area contributed by atoms with Crippen molar-refractivity contribution in [1.82, 2.24) is 0 Å². The fraction of sp³-hybridized carbons (Fsp3) is 0.200. The lowest BCUT2D eigenvalue weighted by molar-refractivity contribution is 0.618. The highest BCUT2D eigenvalue weighted by Gasteiger charge is 2.03. The second-order valence-corrected chi connectivity index (χ2v) is 4.04. The number of hydrogen-bond donors (Lipinski definition) is 1. The van der Waals surface area contributed by atoms with Gasteiger partial charge in [-0.2, -0.15) is 0 Å². The molecule has 0 saturated carbocycles. The molecule has 1 nitrogen and oxygen atoms in total. The summed E-state index contributed by atoms with van der Waals surface area (Å²) in [7, 11) is 0. The highest BCUT2D eigenvalue weighted by Crippen LogP contribution is 2.24. The molecule has 0 aliphatic rings. The van der Waals surface area contributed by atoms with Crippen molar-refractivity contribution in [3.05, 3.63) is 20.5 Å². The van der Waals surface area contributed by atoms with E-state index in [0.717, 1.165) is 3.79 Å². The van der Waals surface area contributed by atoms with Crippen molar-refractivity contribution in [2.45, 2.75) is 6.54 Å². The molecule has 0 bridgehead atoms. The SMILES string of the molecule is Cl.NCc1sc(Br)cc1F. The van der Waals surface area contributed by atoms with Crippen LogP contribution in [0, 0.1) is 5.82 Å². The molecule has 2 N–H and O–H groups in total. The van der Waals surface area contributed by atoms with Crippen LogP contribution < -0.4 is 5.73 Å². The first-order chi connectivity index (χ1) is 4.24. The Morgan fingerprint density at radius 3 is 2.50 bits per heavy atom. The van der Waals surface area contributed by atoms with Gasteiger partial charge in [-0.1, -0.05) is 0 Å². The predicted octanol–water partition coefficient (Wildman–Crippen LogP) is 2.53. The van der Waals surface area contributed by atoms with E-state index in [1.165, 1.54) is 17.4 Å². The van der Waals surface area contributed by atoms with Gasteiger partial charge in [-0.3, -0.25) is 0 Å². The van der Waals surface area contributed by atoms with Gasteiger partial charge in [0.15, 0.2) is 0 Å². The first kappa shape index (κ1) is 10.4. The maximum atomic E-state index is 12.5. The molecule has 0 spiro atoms. The topological polar surface area (TPSA) is 26.0 Å². The molecule has 0 atom stereocenters. The summed E-state index contributed by atoms with van der Waals surface area (Å²) < 4.78 is 13.3. The van der Waals surface area contributed by atoms with Gasteiger partial charge in [0, 0.05) is 6.54 Å². The fourth-order valence-corrected chi connectivity index (χ4v) is 1.94. The smallest absolute Gasteiger partial charge is 0.139 e. The molecule has 0 aliphatic heterocycles. The van der Waals surface area contributed by atoms with E-state index in [9.17, 15) is 4.39 Å². The van der Waals surface area contributed by atoms with Crippen molar-refractivity contribution in [2.75, 3.05) is 0 Å². The molecule has 0 fully saturated rings. The van der Waals surface area contributed by atoms with Crippen molar-refractivity contribution < 1.29 is 4.39 Å². The van der Waals surface area contributed by atoms with Gasteiger partial charge < -0.3 is 5.73 Å². The Morgan fingerprint density at radius 1 is 1.70 bits per heavy atom. The zero-order valence-electron chi connectivity index (χ0n) is 4.93. The third-order valence-corrected chi connectivity index (χ3v) is 2.55. The Labute approximate surface area is 77.0 Å². The van der Waals surface area contributed by atoms with Crippen molar-refractivity contribution in [2.24, 2.45) is 5.73 Å². The number of hydrogen-bond acceptors (Lipinski definition) is 2. The van der Waals surface area contributed by atoms with Gasteiger partial charge in [0.1, 0.15) is 5.82 Å². The zero-order chi connectivity index (χ0) is 6.85. The maximum absolute atomic E-state index is 12.5. The number of nitrogens with two attached hydrogens (primary N) is 1. The van der Waals surface area contributed by atoms with Gasteiger partial charge in [-0.05, 0) is 22.0 Å². The fourth-order valence-electron chi connectivity index (χ4n) is 0.515. The molecule has 1 aromatic rings. The average molecular weight is 247 g/mol. The Kier molecular flexibility index (Phi) is 4.44. The molecule has 1 aromatic heterocycles. The van der Waals surface area contributed by atoms with Gasteiger partial charge in [0.25, 0.3) is 0 Å². The molecule has 5 heteroatoms. The van der Waals surface area contributed by atoms with E-state index in [2.05, 4.69) is 15.9 Å². The van der Waals surface area contributed by atoms with Crippen molar-refractivity contribution in [3.63, 3.8) is 0 Å². The largest absolute Gasteiger partial charge is 0.326 e. The third kappa shape index (κ3) is 2.20. The second kappa shape index (κ2) is 4.28. The first-order valence-corrected chi connectivity index (χ1v) is 3.98. The molecule has 0 unspecified atom stereocenters. The van der Waals surface area contributed by atoms with E-state index in [-0.39, 0.29) is 24.8 Å². The quantitative estimate of drug-likeness (QED) is 0.810. The van der Waals surface area contributed by atoms with E-state index in [4.69, 9.17) is 5.73 Å². The van der Waals surface area contributed by atoms with Gasteiger partial charge in [-0.25, -0.2) is 4.39 Å². The summed E-state index contributed by atoms with van der Waals surface area (Å²) >= 11 is 4.48. The van der Waals surface area contributed by atoms with Crippen LogP contribution in [0.3, 0.4) is 0 Å². The molecule has 0 amide bonds. The Morgan fingerprint density at radius 2 is 2.30 bits per heavy atom. The van der Waals surface area contributed by atoms with Crippen LogP contribution >= 0.6 is 39.7 Å². The minimum absolute atomic E-state index is 0. The maximum Gasteiger partial charge on any atom is 0.139 e. The summed E-state index contributed by atoms with van der Waals surface area (Å²) in [4.78, 5) is 0.599. The lowest BCUT2D eigenvalue weighted by Crippen LogP contribution is -1.94. The van der Waals surface area contributed by atoms with Crippen LogP contribution in [0.25, 0.3) is 0 Å². The summed E-state index contributed by atoms with van der Waals surface area (Å²) in [6.07, 6.45) is 0. The van der Waals surface area contributed by atoms with Gasteiger partial charge in [-0.15, -0.1) is 23.7 Å².